The molecule has 0 unspecified atom stereocenters. The third-order valence-corrected chi connectivity index (χ3v) is 0.175. The molecule has 0 aromatic rings. The van der Waals surface area contributed by atoms with Gasteiger partial charge in [0.2, 0.25) is 0 Å². The van der Waals surface area contributed by atoms with Gasteiger partial charge in [0, 0.05) is 0 Å². The van der Waals surface area contributed by atoms with Crippen molar-refractivity contribution in [1.82, 2.24) is 0 Å². The minimum absolute atomic E-state index is 1.57. The normalized spacial score (nSPS) is 9.00. The van der Waals surface area contributed by atoms with Crippen LogP contribution in [0.3, 0.4) is 0 Å². The number of carboxylic acid groups (broad SMARTS) is 2. The summed E-state index contributed by atoms with van der Waals surface area (Å²) in [5.41, 5.74) is 0. The Labute approximate surface area is 34.5 Å². The van der Waals surface area contributed by atoms with Crippen LogP contribution in [0.5, 0.6) is 0 Å². The summed E-state index contributed by atoms with van der Waals surface area (Å²) in [6, 6.07) is 0. The maximum Gasteiger partial charge on any atom is 0.414 e. The van der Waals surface area contributed by atoms with Gasteiger partial charge in [0.05, 0.1) is 0 Å². The molecule has 2 N–H and O–H groups in total. The molecule has 0 fully saturated rings. The van der Waals surface area contributed by atoms with Crippen molar-refractivity contribution < 1.29 is 19.8 Å². The van der Waals surface area contributed by atoms with E-state index in [1.807, 2.05) is 0 Å². The topological polar surface area (TPSA) is 74.6 Å². The van der Waals surface area contributed by atoms with Gasteiger partial charge in [-0.05, 0) is 0 Å². The van der Waals surface area contributed by atoms with Crippen LogP contribution < -0.4 is 0 Å². The molecule has 0 rings (SSSR count). The van der Waals surface area contributed by atoms with Gasteiger partial charge in [-0.2, -0.15) is 0 Å². The maximum absolute atomic E-state index is 9.50. The largest absolute Gasteiger partial charge is 0.473 e. The first kappa shape index (κ1) is 3.14. The van der Waals surface area contributed by atoms with Crippen LogP contribution in [-0.2, 0) is 9.59 Å². The third kappa shape index (κ3) is 1.28. The van der Waals surface area contributed by atoms with E-state index in [0.717, 1.165) is 0 Å². The number of aliphatic carboxylic acids is 2. The number of hydrogen-bond acceptors (Lipinski definition) is 3. The second kappa shape index (κ2) is 1.40. The van der Waals surface area contributed by atoms with Crippen LogP contribution in [0.1, 0.15) is 0 Å². The van der Waals surface area contributed by atoms with Crippen molar-refractivity contribution in [2.45, 2.75) is 0 Å². The van der Waals surface area contributed by atoms with Gasteiger partial charge in [-0.25, -0.2) is 9.59 Å². The Bertz CT molecular complexity index is 97.9. The number of rotatable bonds is 0. The van der Waals surface area contributed by atoms with E-state index in [1.54, 1.807) is 0 Å². The molecule has 0 aliphatic rings. The summed E-state index contributed by atoms with van der Waals surface area (Å²) >= 11 is 0. The van der Waals surface area contributed by atoms with Crippen LogP contribution >= 0.6 is 0 Å². The molecule has 0 spiro atoms. The van der Waals surface area contributed by atoms with Gasteiger partial charge in [-0.1, -0.05) is 0 Å². The van der Waals surface area contributed by atoms with Gasteiger partial charge in [-0.3, -0.25) is 0 Å². The van der Waals surface area contributed by atoms with E-state index in [9.17, 15) is 9.59 Å². The van der Waals surface area contributed by atoms with Crippen LogP contribution in [0.2, 0.25) is 0 Å². The fourth-order valence-electron chi connectivity index (χ4n) is 0. The summed E-state index contributed by atoms with van der Waals surface area (Å²) in [4.78, 5) is 18.8. The van der Waals surface area contributed by atoms with E-state index in [2.05, 4.69) is 5.11 Å². The Kier molecular flexibility index (Phi) is 0.731. The zero-order valence-electron chi connectivity index (χ0n) is 3.67. The van der Waals surface area contributed by atoms with Gasteiger partial charge < -0.3 is 10.2 Å². The fourth-order valence-corrected chi connectivity index (χ4v) is 0. The van der Waals surface area contributed by atoms with Crippen molar-refractivity contribution in [3.05, 3.63) is 0 Å². The first-order valence-corrected chi connectivity index (χ1v) is 1.09. The van der Waals surface area contributed by atoms with Crippen molar-refractivity contribution in [3.63, 3.8) is 0 Å². The molecule has 0 aliphatic heterocycles. The standard InChI is InChI=1S/C2H2O4/c3-1(4)2(5)6/h(H,3,4)(H,5,6)/i/hD. The summed E-state index contributed by atoms with van der Waals surface area (Å²) in [6.07, 6.45) is 0. The lowest BCUT2D eigenvalue weighted by Gasteiger charge is -1.72. The quantitative estimate of drug-likeness (QED) is 0.381. The van der Waals surface area contributed by atoms with Gasteiger partial charge in [-0.15, -0.1) is 0 Å². The van der Waals surface area contributed by atoms with E-state index in [-0.39, 0.29) is 0 Å². The zero-order valence-corrected chi connectivity index (χ0v) is 2.67. The molecular formula is C2H2O4. The third-order valence-electron chi connectivity index (χ3n) is 0.175. The highest BCUT2D eigenvalue weighted by molar-refractivity contribution is 6.27. The molecular weight excluding hydrogens is 88.0 g/mol. The Morgan fingerprint density at radius 1 is 1.50 bits per heavy atom. The van der Waals surface area contributed by atoms with Crippen LogP contribution in [0, 0.1) is 0 Å². The molecule has 0 saturated heterocycles. The van der Waals surface area contributed by atoms with Gasteiger partial charge in [0.15, 0.2) is 0 Å². The van der Waals surface area contributed by atoms with Gasteiger partial charge >= 0.3 is 11.9 Å². The van der Waals surface area contributed by atoms with E-state index in [4.69, 9.17) is 6.54 Å². The minimum atomic E-state index is -1.75. The lowest BCUT2D eigenvalue weighted by Crippen LogP contribution is -2.09. The fraction of sp³-hybridized carbons (Fsp3) is 0. The number of carbonyl (C=O) groups is 2. The van der Waals surface area contributed by atoms with Crippen LogP contribution in [0.15, 0.2) is 0 Å². The summed E-state index contributed by atoms with van der Waals surface area (Å²) in [7, 11) is 0. The predicted octanol–water partition coefficient (Wildman–Crippen LogP) is -0.844. The molecule has 0 saturated carbocycles. The van der Waals surface area contributed by atoms with E-state index < -0.39 is 11.9 Å². The van der Waals surface area contributed by atoms with E-state index >= 15 is 0 Å². The molecule has 0 aromatic heterocycles. The lowest BCUT2D eigenvalue weighted by molar-refractivity contribution is -0.159. The zero-order chi connectivity index (χ0) is 5.86. The lowest BCUT2D eigenvalue weighted by atomic mass is 10.7. The SMILES string of the molecule is [2H]OC(=O)C(=O)O. The van der Waals surface area contributed by atoms with Crippen molar-refractivity contribution in [1.29, 1.82) is 1.43 Å². The highest BCUT2D eigenvalue weighted by Crippen LogP contribution is 1.56. The Morgan fingerprint density at radius 3 is 2.00 bits per heavy atom. The summed E-state index contributed by atoms with van der Waals surface area (Å²) in [5, 5.41) is 10.6. The summed E-state index contributed by atoms with van der Waals surface area (Å²) in [6.45, 7) is 0. The second-order valence-corrected chi connectivity index (χ2v) is 0.593. The minimum Gasteiger partial charge on any atom is -0.473 e. The van der Waals surface area contributed by atoms with Crippen molar-refractivity contribution in [2.75, 3.05) is 0 Å². The molecule has 34 valence electrons. The Balaban J connectivity index is 3.58. The highest BCUT2D eigenvalue weighted by atomic mass is 16.4. The van der Waals surface area contributed by atoms with Crippen molar-refractivity contribution >= 4 is 11.9 Å². The van der Waals surface area contributed by atoms with Crippen LogP contribution in [-0.4, -0.2) is 22.2 Å². The van der Waals surface area contributed by atoms with Crippen LogP contribution in [0.4, 0.5) is 0 Å². The number of carboxylic acids is 2. The van der Waals surface area contributed by atoms with Gasteiger partial charge in [0.25, 0.3) is 1.43 Å². The average molecular weight is 91.0 g/mol. The highest BCUT2D eigenvalue weighted by Gasteiger charge is 2.04. The first-order valence-electron chi connectivity index (χ1n) is 1.49. The second-order valence-electron chi connectivity index (χ2n) is 0.593. The monoisotopic (exact) mass is 91.0 g/mol. The molecule has 6 heavy (non-hydrogen) atoms. The maximum atomic E-state index is 9.50. The Hall–Kier alpha value is -1.06. The van der Waals surface area contributed by atoms with E-state index in [1.165, 1.54) is 0 Å². The molecule has 4 nitrogen and oxygen atoms in total. The molecule has 0 bridgehead atoms. The molecule has 0 amide bonds. The molecule has 4 heteroatoms. The molecule has 0 aromatic carbocycles. The smallest absolute Gasteiger partial charge is 0.414 e. The summed E-state index contributed by atoms with van der Waals surface area (Å²) < 4.78 is 5.71. The molecule has 0 heterocycles. The van der Waals surface area contributed by atoms with Crippen LogP contribution in [0.25, 0.3) is 1.43 Å². The van der Waals surface area contributed by atoms with E-state index in [0.29, 0.717) is 0 Å². The first-order chi connectivity index (χ1) is 3.18. The molecule has 0 aliphatic carbocycles. The average Bonchev–Trinajstić information content (AvgIpc) is 1.65. The molecule has 0 radical (unpaired) electrons. The Morgan fingerprint density at radius 2 is 2.00 bits per heavy atom. The summed E-state index contributed by atoms with van der Waals surface area (Å²) in [5.74, 6) is -3.32. The van der Waals surface area contributed by atoms with Gasteiger partial charge in [0.1, 0.15) is 0 Å². The predicted molar refractivity (Wildman–Crippen MR) is 15.3 cm³/mol. The van der Waals surface area contributed by atoms with Crippen molar-refractivity contribution in [3.8, 4) is 0 Å². The van der Waals surface area contributed by atoms with Crippen molar-refractivity contribution in [2.24, 2.45) is 0 Å². The molecule has 0 atom stereocenters. The number of hydrogen-bond donors (Lipinski definition) is 2.